The van der Waals surface area contributed by atoms with Crippen molar-refractivity contribution in [1.82, 2.24) is 0 Å². The lowest BCUT2D eigenvalue weighted by atomic mass is 9.54. The molecule has 7 rings (SSSR count). The number of carbonyl (C=O) groups excluding carboxylic acids is 2. The van der Waals surface area contributed by atoms with Crippen LogP contribution in [0.25, 0.3) is 0 Å². The highest BCUT2D eigenvalue weighted by Crippen LogP contribution is 2.71. The molecule has 3 aromatic rings. The summed E-state index contributed by atoms with van der Waals surface area (Å²) in [5.41, 5.74) is 4.62. The summed E-state index contributed by atoms with van der Waals surface area (Å²) < 4.78 is 4.34. The minimum atomic E-state index is -0.791. The maximum Gasteiger partial charge on any atom is 0.240 e. The first-order valence-corrected chi connectivity index (χ1v) is 12.7. The fraction of sp³-hybridized carbons (Fsp3) is 0.259. The number of benzene rings is 3. The van der Waals surface area contributed by atoms with E-state index in [1.54, 1.807) is 6.07 Å². The van der Waals surface area contributed by atoms with Gasteiger partial charge in [0.05, 0.1) is 32.8 Å². The number of para-hydroxylation sites is 2. The Kier molecular flexibility index (Phi) is 4.66. The van der Waals surface area contributed by atoms with Gasteiger partial charge in [0, 0.05) is 0 Å². The van der Waals surface area contributed by atoms with E-state index in [9.17, 15) is 9.59 Å². The molecule has 4 nitrogen and oxygen atoms in total. The molecule has 166 valence electrons. The summed E-state index contributed by atoms with van der Waals surface area (Å²) in [6.45, 7) is 2.54. The molecule has 3 aliphatic carbocycles. The average molecular weight is 567 g/mol. The van der Waals surface area contributed by atoms with Crippen molar-refractivity contribution in [3.05, 3.63) is 95.1 Å². The third kappa shape index (κ3) is 2.51. The summed E-state index contributed by atoms with van der Waals surface area (Å²) in [5, 5.41) is 0. The van der Waals surface area contributed by atoms with Crippen LogP contribution in [0.4, 0.5) is 5.69 Å². The number of imide groups is 1. The lowest BCUT2D eigenvalue weighted by Crippen LogP contribution is -2.56. The van der Waals surface area contributed by atoms with Crippen LogP contribution in [0, 0.1) is 11.8 Å². The second kappa shape index (κ2) is 7.28. The summed E-state index contributed by atoms with van der Waals surface area (Å²) in [6, 6.07) is 23.5. The largest absolute Gasteiger partial charge is 0.491 e. The monoisotopic (exact) mass is 565 g/mol. The van der Waals surface area contributed by atoms with Gasteiger partial charge < -0.3 is 4.74 Å². The van der Waals surface area contributed by atoms with Crippen molar-refractivity contribution in [2.24, 2.45) is 11.8 Å². The quantitative estimate of drug-likeness (QED) is 0.292. The minimum absolute atomic E-state index is 0.206. The Labute approximate surface area is 209 Å². The number of hydrogen-bond donors (Lipinski definition) is 0. The molecular formula is C27H21Br2NO3. The third-order valence-electron chi connectivity index (χ3n) is 7.15. The van der Waals surface area contributed by atoms with Crippen molar-refractivity contribution < 1.29 is 14.3 Å². The average Bonchev–Trinajstić information content (AvgIpc) is 3.12. The van der Waals surface area contributed by atoms with Gasteiger partial charge in [-0.05, 0) is 40.8 Å². The summed E-state index contributed by atoms with van der Waals surface area (Å²) in [5.74, 6) is -1.04. The summed E-state index contributed by atoms with van der Waals surface area (Å²) >= 11 is 8.08. The molecule has 0 radical (unpaired) electrons. The molecule has 3 aromatic carbocycles. The number of alkyl halides is 2. The van der Waals surface area contributed by atoms with Gasteiger partial charge in [-0.15, -0.1) is 0 Å². The molecule has 1 saturated heterocycles. The normalized spacial score (nSPS) is 29.0. The molecule has 0 unspecified atom stereocenters. The van der Waals surface area contributed by atoms with E-state index in [1.165, 1.54) is 4.90 Å². The van der Waals surface area contributed by atoms with Crippen LogP contribution >= 0.6 is 31.9 Å². The standard InChI is InChI=1S/C27H21Br2NO3/c1-2-15-33-21-14-8-7-13-20(21)30-24(31)22-23(25(30)32)27(29)17-10-4-3-9-16(17)26(22,28)18-11-5-6-12-19(18)27/h3-14,22-23H,2,15H2,1H3/t22-,23+,26?,27?. The van der Waals surface area contributed by atoms with Crippen molar-refractivity contribution >= 4 is 49.4 Å². The van der Waals surface area contributed by atoms with E-state index in [2.05, 4.69) is 56.1 Å². The fourth-order valence-corrected chi connectivity index (χ4v) is 8.18. The minimum Gasteiger partial charge on any atom is -0.491 e. The number of ether oxygens (including phenoxy) is 1. The Morgan fingerprint density at radius 3 is 1.64 bits per heavy atom. The zero-order chi connectivity index (χ0) is 23.0. The van der Waals surface area contributed by atoms with Crippen LogP contribution < -0.4 is 9.64 Å². The molecule has 33 heavy (non-hydrogen) atoms. The third-order valence-corrected chi connectivity index (χ3v) is 9.85. The van der Waals surface area contributed by atoms with Gasteiger partial charge in [0.25, 0.3) is 0 Å². The van der Waals surface area contributed by atoms with E-state index in [4.69, 9.17) is 4.74 Å². The second-order valence-corrected chi connectivity index (χ2v) is 11.3. The van der Waals surface area contributed by atoms with E-state index in [0.29, 0.717) is 18.0 Å². The first-order chi connectivity index (χ1) is 16.0. The maximum absolute atomic E-state index is 14.1. The van der Waals surface area contributed by atoms with Gasteiger partial charge in [0.1, 0.15) is 5.75 Å². The lowest BCUT2D eigenvalue weighted by molar-refractivity contribution is -0.122. The topological polar surface area (TPSA) is 46.6 Å². The maximum atomic E-state index is 14.1. The Bertz CT molecular complexity index is 1200. The molecule has 2 bridgehead atoms. The van der Waals surface area contributed by atoms with E-state index in [1.807, 2.05) is 49.4 Å². The SMILES string of the molecule is CCCOc1ccccc1N1C(=O)[C@@H]2[C@H](C1=O)C1(Br)c3ccccc3C2(Br)c2ccccc21. The fourth-order valence-electron chi connectivity index (χ4n) is 5.88. The molecule has 0 saturated carbocycles. The van der Waals surface area contributed by atoms with Crippen LogP contribution in [0.15, 0.2) is 72.8 Å². The van der Waals surface area contributed by atoms with Crippen LogP contribution in [0.3, 0.4) is 0 Å². The molecule has 1 aliphatic heterocycles. The number of halogens is 2. The highest BCUT2D eigenvalue weighted by atomic mass is 79.9. The highest BCUT2D eigenvalue weighted by Gasteiger charge is 2.72. The summed E-state index contributed by atoms with van der Waals surface area (Å²) in [6.07, 6.45) is 0.834. The van der Waals surface area contributed by atoms with Gasteiger partial charge in [-0.1, -0.05) is 99.4 Å². The molecule has 0 spiro atoms. The van der Waals surface area contributed by atoms with Crippen molar-refractivity contribution in [2.45, 2.75) is 22.0 Å². The van der Waals surface area contributed by atoms with Crippen LogP contribution in [0.5, 0.6) is 5.75 Å². The summed E-state index contributed by atoms with van der Waals surface area (Å²) in [7, 11) is 0. The highest BCUT2D eigenvalue weighted by molar-refractivity contribution is 9.10. The van der Waals surface area contributed by atoms with Gasteiger partial charge in [-0.3, -0.25) is 9.59 Å². The van der Waals surface area contributed by atoms with Gasteiger partial charge in [0.2, 0.25) is 11.8 Å². The Balaban J connectivity index is 1.59. The molecule has 2 amide bonds. The molecule has 1 fully saturated rings. The zero-order valence-corrected chi connectivity index (χ0v) is 21.1. The Morgan fingerprint density at radius 1 is 0.758 bits per heavy atom. The Hall–Kier alpha value is -2.44. The number of anilines is 1. The number of rotatable bonds is 4. The molecule has 6 heteroatoms. The van der Waals surface area contributed by atoms with Crippen molar-refractivity contribution in [2.75, 3.05) is 11.5 Å². The zero-order valence-electron chi connectivity index (χ0n) is 17.9. The molecule has 1 heterocycles. The van der Waals surface area contributed by atoms with E-state index < -0.39 is 20.5 Å². The van der Waals surface area contributed by atoms with Crippen LogP contribution in [0.2, 0.25) is 0 Å². The predicted molar refractivity (Wildman–Crippen MR) is 134 cm³/mol. The van der Waals surface area contributed by atoms with E-state index >= 15 is 0 Å². The molecular weight excluding hydrogens is 546 g/mol. The van der Waals surface area contributed by atoms with Crippen molar-refractivity contribution in [1.29, 1.82) is 0 Å². The number of amides is 2. The van der Waals surface area contributed by atoms with Gasteiger partial charge >= 0.3 is 0 Å². The van der Waals surface area contributed by atoms with Crippen molar-refractivity contribution in [3.63, 3.8) is 0 Å². The van der Waals surface area contributed by atoms with Gasteiger partial charge in [0.15, 0.2) is 0 Å². The summed E-state index contributed by atoms with van der Waals surface area (Å²) in [4.78, 5) is 29.6. The number of hydrogen-bond acceptors (Lipinski definition) is 3. The first-order valence-electron chi connectivity index (χ1n) is 11.1. The Morgan fingerprint density at radius 2 is 1.18 bits per heavy atom. The molecule has 0 aromatic heterocycles. The molecule has 2 atom stereocenters. The number of nitrogens with zero attached hydrogens (tertiary/aromatic N) is 1. The second-order valence-electron chi connectivity index (χ2n) is 8.80. The van der Waals surface area contributed by atoms with Gasteiger partial charge in [-0.25, -0.2) is 4.90 Å². The van der Waals surface area contributed by atoms with E-state index in [-0.39, 0.29) is 11.8 Å². The van der Waals surface area contributed by atoms with Crippen LogP contribution in [-0.4, -0.2) is 18.4 Å². The van der Waals surface area contributed by atoms with Crippen LogP contribution in [-0.2, 0) is 18.2 Å². The smallest absolute Gasteiger partial charge is 0.240 e. The van der Waals surface area contributed by atoms with Gasteiger partial charge in [-0.2, -0.15) is 0 Å². The number of carbonyl (C=O) groups is 2. The van der Waals surface area contributed by atoms with E-state index in [0.717, 1.165) is 28.7 Å². The van der Waals surface area contributed by atoms with Crippen LogP contribution in [0.1, 0.15) is 35.6 Å². The molecule has 4 aliphatic rings. The van der Waals surface area contributed by atoms with Crippen molar-refractivity contribution in [3.8, 4) is 5.75 Å². The predicted octanol–water partition coefficient (Wildman–Crippen LogP) is 5.89. The lowest BCUT2D eigenvalue weighted by Gasteiger charge is -2.55. The first kappa shape index (κ1) is 21.1. The molecule has 0 N–H and O–H groups in total.